The lowest BCUT2D eigenvalue weighted by Crippen LogP contribution is -2.32. The number of aryl methyl sites for hydroxylation is 1. The molecule has 1 aromatic rings. The monoisotopic (exact) mass is 327 g/mol. The number of carboxylic acid groups (broad SMARTS) is 1. The molecule has 4 nitrogen and oxygen atoms in total. The van der Waals surface area contributed by atoms with E-state index in [1.54, 1.807) is 19.9 Å². The van der Waals surface area contributed by atoms with Crippen LogP contribution in [0.25, 0.3) is 0 Å². The van der Waals surface area contributed by atoms with Crippen LogP contribution in [-0.2, 0) is 4.79 Å². The van der Waals surface area contributed by atoms with E-state index in [4.69, 9.17) is 5.11 Å². The summed E-state index contributed by atoms with van der Waals surface area (Å²) in [5, 5.41) is 11.7. The van der Waals surface area contributed by atoms with Crippen LogP contribution in [-0.4, -0.2) is 23.5 Å². The van der Waals surface area contributed by atoms with Gasteiger partial charge in [-0.15, -0.1) is 0 Å². The summed E-state index contributed by atoms with van der Waals surface area (Å²) in [6.07, 6.45) is 0.386. The standard InChI is InChI=1S/C14H18BrNO3/c1-9-5-4-6-10(11(9)15)12(17)16-8-7-14(2,3)13(18)19/h4-6H,7-8H2,1-3H3,(H,16,17)(H,18,19). The van der Waals surface area contributed by atoms with E-state index in [0.29, 0.717) is 18.5 Å². The van der Waals surface area contributed by atoms with Crippen LogP contribution >= 0.6 is 15.9 Å². The fourth-order valence-corrected chi connectivity index (χ4v) is 1.96. The van der Waals surface area contributed by atoms with Gasteiger partial charge in [-0.1, -0.05) is 12.1 Å². The van der Waals surface area contributed by atoms with Crippen molar-refractivity contribution in [3.63, 3.8) is 0 Å². The number of carbonyl (C=O) groups is 2. The van der Waals surface area contributed by atoms with Crippen molar-refractivity contribution in [1.29, 1.82) is 0 Å². The molecule has 0 aliphatic heterocycles. The van der Waals surface area contributed by atoms with Gasteiger partial charge in [-0.3, -0.25) is 9.59 Å². The van der Waals surface area contributed by atoms with Crippen molar-refractivity contribution >= 4 is 27.8 Å². The predicted molar refractivity (Wildman–Crippen MR) is 77.2 cm³/mol. The second-order valence-electron chi connectivity index (χ2n) is 5.13. The van der Waals surface area contributed by atoms with E-state index >= 15 is 0 Å². The minimum absolute atomic E-state index is 0.197. The smallest absolute Gasteiger partial charge is 0.309 e. The van der Waals surface area contributed by atoms with Crippen molar-refractivity contribution < 1.29 is 14.7 Å². The third-order valence-electron chi connectivity index (χ3n) is 3.05. The molecule has 0 radical (unpaired) electrons. The Kier molecular flexibility index (Phi) is 5.11. The van der Waals surface area contributed by atoms with Crippen molar-refractivity contribution in [2.24, 2.45) is 5.41 Å². The summed E-state index contributed by atoms with van der Waals surface area (Å²) in [5.41, 5.74) is 0.712. The average molecular weight is 328 g/mol. The molecular weight excluding hydrogens is 310 g/mol. The van der Waals surface area contributed by atoms with Gasteiger partial charge in [0.25, 0.3) is 5.91 Å². The molecule has 0 aromatic heterocycles. The maximum atomic E-state index is 12.0. The van der Waals surface area contributed by atoms with E-state index in [9.17, 15) is 9.59 Å². The number of hydrogen-bond donors (Lipinski definition) is 2. The zero-order valence-electron chi connectivity index (χ0n) is 11.3. The second-order valence-corrected chi connectivity index (χ2v) is 5.92. The Balaban J connectivity index is 2.62. The number of aliphatic carboxylic acids is 1. The van der Waals surface area contributed by atoms with E-state index in [-0.39, 0.29) is 5.91 Å². The molecule has 0 spiro atoms. The van der Waals surface area contributed by atoms with Crippen LogP contribution < -0.4 is 5.32 Å². The average Bonchev–Trinajstić information content (AvgIpc) is 2.32. The molecule has 0 heterocycles. The Hall–Kier alpha value is -1.36. The van der Waals surface area contributed by atoms with Gasteiger partial charge in [0.15, 0.2) is 0 Å². The van der Waals surface area contributed by atoms with Gasteiger partial charge in [-0.2, -0.15) is 0 Å². The Morgan fingerprint density at radius 2 is 2.00 bits per heavy atom. The minimum Gasteiger partial charge on any atom is -0.481 e. The summed E-state index contributed by atoms with van der Waals surface area (Å²) >= 11 is 3.38. The van der Waals surface area contributed by atoms with Crippen LogP contribution in [0.15, 0.2) is 22.7 Å². The molecule has 0 aliphatic rings. The summed E-state index contributed by atoms with van der Waals surface area (Å²) < 4.78 is 0.769. The molecule has 5 heteroatoms. The van der Waals surface area contributed by atoms with Crippen LogP contribution in [0.3, 0.4) is 0 Å². The maximum Gasteiger partial charge on any atom is 0.309 e. The number of rotatable bonds is 5. The van der Waals surface area contributed by atoms with Crippen LogP contribution in [0.5, 0.6) is 0 Å². The van der Waals surface area contributed by atoms with Gasteiger partial charge in [0.2, 0.25) is 0 Å². The van der Waals surface area contributed by atoms with Crippen molar-refractivity contribution in [3.8, 4) is 0 Å². The van der Waals surface area contributed by atoms with E-state index in [2.05, 4.69) is 21.2 Å². The first kappa shape index (κ1) is 15.7. The molecule has 1 rings (SSSR count). The van der Waals surface area contributed by atoms with Gasteiger partial charge in [-0.25, -0.2) is 0 Å². The van der Waals surface area contributed by atoms with Crippen LogP contribution in [0.1, 0.15) is 36.2 Å². The van der Waals surface area contributed by atoms with E-state index in [1.165, 1.54) is 0 Å². The first-order valence-corrected chi connectivity index (χ1v) is 6.81. The van der Waals surface area contributed by atoms with Gasteiger partial charge >= 0.3 is 5.97 Å². The first-order valence-electron chi connectivity index (χ1n) is 6.02. The lowest BCUT2D eigenvalue weighted by atomic mass is 9.90. The molecule has 0 bridgehead atoms. The van der Waals surface area contributed by atoms with Crippen molar-refractivity contribution in [2.45, 2.75) is 27.2 Å². The molecule has 0 saturated carbocycles. The largest absolute Gasteiger partial charge is 0.481 e. The first-order chi connectivity index (χ1) is 8.75. The second kappa shape index (κ2) is 6.19. The lowest BCUT2D eigenvalue weighted by Gasteiger charge is -2.19. The van der Waals surface area contributed by atoms with Gasteiger partial charge < -0.3 is 10.4 Å². The van der Waals surface area contributed by atoms with Crippen LogP contribution in [0.4, 0.5) is 0 Å². The highest BCUT2D eigenvalue weighted by molar-refractivity contribution is 9.10. The highest BCUT2D eigenvalue weighted by Gasteiger charge is 2.26. The number of benzene rings is 1. The maximum absolute atomic E-state index is 12.0. The highest BCUT2D eigenvalue weighted by Crippen LogP contribution is 2.22. The SMILES string of the molecule is Cc1cccc(C(=O)NCCC(C)(C)C(=O)O)c1Br. The number of hydrogen-bond acceptors (Lipinski definition) is 2. The zero-order chi connectivity index (χ0) is 14.6. The summed E-state index contributed by atoms with van der Waals surface area (Å²) in [5.74, 6) is -1.06. The third kappa shape index (κ3) is 4.06. The fourth-order valence-electron chi connectivity index (χ4n) is 1.51. The van der Waals surface area contributed by atoms with Gasteiger partial charge in [-0.05, 0) is 54.8 Å². The molecule has 2 N–H and O–H groups in total. The Morgan fingerprint density at radius 1 is 1.37 bits per heavy atom. The summed E-state index contributed by atoms with van der Waals surface area (Å²) in [4.78, 5) is 22.9. The number of amides is 1. The van der Waals surface area contributed by atoms with E-state index < -0.39 is 11.4 Å². The Morgan fingerprint density at radius 3 is 2.58 bits per heavy atom. The summed E-state index contributed by atoms with van der Waals surface area (Å²) in [7, 11) is 0. The quantitative estimate of drug-likeness (QED) is 0.873. The normalized spacial score (nSPS) is 11.2. The molecule has 104 valence electrons. The number of halogens is 1. The molecule has 0 fully saturated rings. The highest BCUT2D eigenvalue weighted by atomic mass is 79.9. The summed E-state index contributed by atoms with van der Waals surface area (Å²) in [6.45, 7) is 5.53. The van der Waals surface area contributed by atoms with Crippen LogP contribution in [0, 0.1) is 12.3 Å². The Bertz CT molecular complexity index is 497. The van der Waals surface area contributed by atoms with E-state index in [0.717, 1.165) is 10.0 Å². The molecule has 1 amide bonds. The van der Waals surface area contributed by atoms with Crippen molar-refractivity contribution in [1.82, 2.24) is 5.32 Å². The van der Waals surface area contributed by atoms with E-state index in [1.807, 2.05) is 19.1 Å². The molecule has 19 heavy (non-hydrogen) atoms. The number of carbonyl (C=O) groups excluding carboxylic acids is 1. The molecule has 0 unspecified atom stereocenters. The van der Waals surface area contributed by atoms with Gasteiger partial charge in [0.05, 0.1) is 11.0 Å². The van der Waals surface area contributed by atoms with Gasteiger partial charge in [0, 0.05) is 11.0 Å². The van der Waals surface area contributed by atoms with Gasteiger partial charge in [0.1, 0.15) is 0 Å². The minimum atomic E-state index is -0.863. The number of carboxylic acids is 1. The topological polar surface area (TPSA) is 66.4 Å². The lowest BCUT2D eigenvalue weighted by molar-refractivity contribution is -0.147. The molecule has 1 aromatic carbocycles. The fraction of sp³-hybridized carbons (Fsp3) is 0.429. The van der Waals surface area contributed by atoms with Crippen LogP contribution in [0.2, 0.25) is 0 Å². The number of nitrogens with one attached hydrogen (secondary N) is 1. The molecule has 0 atom stereocenters. The predicted octanol–water partition coefficient (Wildman–Crippen LogP) is 2.99. The van der Waals surface area contributed by atoms with Crippen molar-refractivity contribution in [2.75, 3.05) is 6.54 Å². The van der Waals surface area contributed by atoms with Crippen molar-refractivity contribution in [3.05, 3.63) is 33.8 Å². The Labute approximate surface area is 121 Å². The molecule has 0 saturated heterocycles. The zero-order valence-corrected chi connectivity index (χ0v) is 12.9. The third-order valence-corrected chi connectivity index (χ3v) is 4.10. The molecular formula is C14H18BrNO3. The summed E-state index contributed by atoms with van der Waals surface area (Å²) in [6, 6.07) is 5.46. The molecule has 0 aliphatic carbocycles.